The van der Waals surface area contributed by atoms with Crippen molar-refractivity contribution in [2.24, 2.45) is 0 Å². The zero-order valence-corrected chi connectivity index (χ0v) is 10.6. The molecule has 4 heteroatoms. The van der Waals surface area contributed by atoms with Crippen molar-refractivity contribution in [1.82, 2.24) is 9.80 Å². The summed E-state index contributed by atoms with van der Waals surface area (Å²) in [5.74, 6) is 0. The second-order valence-corrected chi connectivity index (χ2v) is 4.96. The molecule has 0 aromatic rings. The molecule has 1 fully saturated rings. The Labute approximate surface area is 98.2 Å². The minimum absolute atomic E-state index is 0.0764. The number of aliphatic hydroxyl groups is 1. The van der Waals surface area contributed by atoms with Gasteiger partial charge in [-0.05, 0) is 26.2 Å². The summed E-state index contributed by atoms with van der Waals surface area (Å²) in [7, 11) is 3.57. The molecule has 0 bridgehead atoms. The standard InChI is InChI=1S/C12H24N2O2/c1-10(15)9-11-7-5-4-6-8-14(11)12(16)13(2)3/h10-11,15H,4-9H2,1-3H3. The zero-order valence-electron chi connectivity index (χ0n) is 10.6. The summed E-state index contributed by atoms with van der Waals surface area (Å²) in [6.07, 6.45) is 4.81. The molecule has 2 unspecified atom stereocenters. The number of carbonyl (C=O) groups is 1. The van der Waals surface area contributed by atoms with E-state index in [1.807, 2.05) is 4.90 Å². The molecule has 1 saturated heterocycles. The van der Waals surface area contributed by atoms with E-state index in [-0.39, 0.29) is 18.2 Å². The predicted octanol–water partition coefficient (Wildman–Crippen LogP) is 1.68. The van der Waals surface area contributed by atoms with Gasteiger partial charge < -0.3 is 14.9 Å². The molecule has 0 saturated carbocycles. The van der Waals surface area contributed by atoms with Gasteiger partial charge in [0.1, 0.15) is 0 Å². The van der Waals surface area contributed by atoms with Gasteiger partial charge in [-0.15, -0.1) is 0 Å². The van der Waals surface area contributed by atoms with Crippen molar-refractivity contribution in [3.05, 3.63) is 0 Å². The van der Waals surface area contributed by atoms with Crippen LogP contribution in [0.25, 0.3) is 0 Å². The van der Waals surface area contributed by atoms with Crippen molar-refractivity contribution in [2.75, 3.05) is 20.6 Å². The normalized spacial score (nSPS) is 23.8. The number of amides is 2. The van der Waals surface area contributed by atoms with Gasteiger partial charge in [-0.25, -0.2) is 4.79 Å². The highest BCUT2D eigenvalue weighted by Crippen LogP contribution is 2.21. The summed E-state index contributed by atoms with van der Waals surface area (Å²) in [6.45, 7) is 2.62. The van der Waals surface area contributed by atoms with Gasteiger partial charge >= 0.3 is 6.03 Å². The molecular weight excluding hydrogens is 204 g/mol. The lowest BCUT2D eigenvalue weighted by molar-refractivity contribution is 0.110. The first-order valence-electron chi connectivity index (χ1n) is 6.18. The van der Waals surface area contributed by atoms with Crippen LogP contribution in [-0.2, 0) is 0 Å². The van der Waals surface area contributed by atoms with Crippen molar-refractivity contribution in [3.63, 3.8) is 0 Å². The van der Waals surface area contributed by atoms with Gasteiger partial charge in [0.25, 0.3) is 0 Å². The quantitative estimate of drug-likeness (QED) is 0.781. The Morgan fingerprint density at radius 3 is 2.69 bits per heavy atom. The Morgan fingerprint density at radius 1 is 1.44 bits per heavy atom. The molecular formula is C12H24N2O2. The van der Waals surface area contributed by atoms with Crippen molar-refractivity contribution in [1.29, 1.82) is 0 Å². The van der Waals surface area contributed by atoms with E-state index < -0.39 is 0 Å². The lowest BCUT2D eigenvalue weighted by Gasteiger charge is -2.33. The van der Waals surface area contributed by atoms with Crippen LogP contribution in [0.5, 0.6) is 0 Å². The van der Waals surface area contributed by atoms with Crippen LogP contribution in [0.15, 0.2) is 0 Å². The Kier molecular flexibility index (Phi) is 5.06. The maximum atomic E-state index is 12.0. The molecule has 1 aliphatic rings. The fourth-order valence-corrected chi connectivity index (χ4v) is 2.32. The molecule has 1 aliphatic heterocycles. The number of hydrogen-bond donors (Lipinski definition) is 1. The van der Waals surface area contributed by atoms with Crippen molar-refractivity contribution < 1.29 is 9.90 Å². The van der Waals surface area contributed by atoms with E-state index in [0.29, 0.717) is 6.42 Å². The topological polar surface area (TPSA) is 43.8 Å². The largest absolute Gasteiger partial charge is 0.393 e. The SMILES string of the molecule is CC(O)CC1CCCCCN1C(=O)N(C)C. The highest BCUT2D eigenvalue weighted by Gasteiger charge is 2.27. The number of likely N-dealkylation sites (tertiary alicyclic amines) is 1. The van der Waals surface area contributed by atoms with Crippen LogP contribution >= 0.6 is 0 Å². The number of aliphatic hydroxyl groups excluding tert-OH is 1. The summed E-state index contributed by atoms with van der Waals surface area (Å²) in [4.78, 5) is 15.6. The van der Waals surface area contributed by atoms with Crippen LogP contribution in [0.2, 0.25) is 0 Å². The molecule has 0 aliphatic carbocycles. The van der Waals surface area contributed by atoms with E-state index in [9.17, 15) is 9.90 Å². The number of nitrogens with zero attached hydrogens (tertiary/aromatic N) is 2. The van der Waals surface area contributed by atoms with Crippen molar-refractivity contribution in [2.45, 2.75) is 51.2 Å². The lowest BCUT2D eigenvalue weighted by atomic mass is 10.0. The average molecular weight is 228 g/mol. The highest BCUT2D eigenvalue weighted by atomic mass is 16.3. The summed E-state index contributed by atoms with van der Waals surface area (Å²) in [6, 6.07) is 0.282. The third-order valence-corrected chi connectivity index (χ3v) is 3.12. The molecule has 94 valence electrons. The molecule has 2 amide bonds. The van der Waals surface area contributed by atoms with Gasteiger partial charge in [-0.3, -0.25) is 0 Å². The second kappa shape index (κ2) is 6.09. The number of carbonyl (C=O) groups excluding carboxylic acids is 1. The van der Waals surface area contributed by atoms with Crippen LogP contribution in [-0.4, -0.2) is 53.7 Å². The monoisotopic (exact) mass is 228 g/mol. The van der Waals surface area contributed by atoms with Crippen LogP contribution in [0.3, 0.4) is 0 Å². The van der Waals surface area contributed by atoms with Gasteiger partial charge in [0.15, 0.2) is 0 Å². The smallest absolute Gasteiger partial charge is 0.319 e. The van der Waals surface area contributed by atoms with Crippen molar-refractivity contribution >= 4 is 6.03 Å². The minimum atomic E-state index is -0.333. The molecule has 0 radical (unpaired) electrons. The maximum absolute atomic E-state index is 12.0. The summed E-state index contributed by atoms with van der Waals surface area (Å²) < 4.78 is 0. The van der Waals surface area contributed by atoms with Crippen LogP contribution < -0.4 is 0 Å². The van der Waals surface area contributed by atoms with E-state index in [2.05, 4.69) is 0 Å². The molecule has 16 heavy (non-hydrogen) atoms. The number of rotatable bonds is 2. The Morgan fingerprint density at radius 2 is 2.12 bits per heavy atom. The third kappa shape index (κ3) is 3.67. The van der Waals surface area contributed by atoms with E-state index in [1.165, 1.54) is 6.42 Å². The molecule has 1 heterocycles. The fraction of sp³-hybridized carbons (Fsp3) is 0.917. The Bertz CT molecular complexity index is 229. The molecule has 2 atom stereocenters. The maximum Gasteiger partial charge on any atom is 0.319 e. The molecule has 0 aromatic carbocycles. The van der Waals surface area contributed by atoms with Crippen LogP contribution in [0.4, 0.5) is 4.79 Å². The molecule has 4 nitrogen and oxygen atoms in total. The highest BCUT2D eigenvalue weighted by molar-refractivity contribution is 5.74. The number of urea groups is 1. The molecule has 0 spiro atoms. The van der Waals surface area contributed by atoms with Gasteiger partial charge in [0.05, 0.1) is 6.10 Å². The summed E-state index contributed by atoms with van der Waals surface area (Å²) in [5, 5.41) is 9.48. The van der Waals surface area contributed by atoms with E-state index in [1.54, 1.807) is 25.9 Å². The van der Waals surface area contributed by atoms with Gasteiger partial charge in [0.2, 0.25) is 0 Å². The fourth-order valence-electron chi connectivity index (χ4n) is 2.32. The molecule has 1 N–H and O–H groups in total. The van der Waals surface area contributed by atoms with Gasteiger partial charge in [-0.2, -0.15) is 0 Å². The first-order chi connectivity index (χ1) is 7.52. The van der Waals surface area contributed by atoms with E-state index in [0.717, 1.165) is 25.8 Å². The van der Waals surface area contributed by atoms with E-state index in [4.69, 9.17) is 0 Å². The van der Waals surface area contributed by atoms with Crippen molar-refractivity contribution in [3.8, 4) is 0 Å². The Balaban J connectivity index is 2.69. The number of hydrogen-bond acceptors (Lipinski definition) is 2. The Hall–Kier alpha value is -0.770. The molecule has 0 aromatic heterocycles. The molecule has 1 rings (SSSR count). The first-order valence-corrected chi connectivity index (χ1v) is 6.18. The van der Waals surface area contributed by atoms with Gasteiger partial charge in [-0.1, -0.05) is 12.8 Å². The minimum Gasteiger partial charge on any atom is -0.393 e. The average Bonchev–Trinajstić information content (AvgIpc) is 2.41. The van der Waals surface area contributed by atoms with Crippen LogP contribution in [0, 0.1) is 0 Å². The lowest BCUT2D eigenvalue weighted by Crippen LogP contribution is -2.46. The summed E-state index contributed by atoms with van der Waals surface area (Å²) in [5.41, 5.74) is 0. The third-order valence-electron chi connectivity index (χ3n) is 3.12. The van der Waals surface area contributed by atoms with E-state index >= 15 is 0 Å². The predicted molar refractivity (Wildman–Crippen MR) is 64.3 cm³/mol. The van der Waals surface area contributed by atoms with Crippen LogP contribution in [0.1, 0.15) is 39.0 Å². The zero-order chi connectivity index (χ0) is 12.1. The second-order valence-electron chi connectivity index (χ2n) is 4.96. The summed E-state index contributed by atoms with van der Waals surface area (Å²) >= 11 is 0. The first kappa shape index (κ1) is 13.3. The van der Waals surface area contributed by atoms with Gasteiger partial charge in [0, 0.05) is 26.7 Å².